The van der Waals surface area contributed by atoms with Gasteiger partial charge in [-0.1, -0.05) is 6.07 Å². The number of hydrogen-bond acceptors (Lipinski definition) is 7. The molecule has 1 heterocycles. The summed E-state index contributed by atoms with van der Waals surface area (Å²) in [5.74, 6) is -1.95. The Bertz CT molecular complexity index is 1100. The number of non-ortho nitro benzene ring substituents is 1. The molecular formula is C18H12BrN3O7. The highest BCUT2D eigenvalue weighted by Crippen LogP contribution is 2.36. The second-order valence-electron chi connectivity index (χ2n) is 5.79. The number of barbiturate groups is 1. The van der Waals surface area contributed by atoms with E-state index in [4.69, 9.17) is 4.74 Å². The van der Waals surface area contributed by atoms with Crippen LogP contribution in [0.5, 0.6) is 11.5 Å². The highest BCUT2D eigenvalue weighted by molar-refractivity contribution is 9.10. The Labute approximate surface area is 171 Å². The van der Waals surface area contributed by atoms with E-state index in [2.05, 4.69) is 15.9 Å². The van der Waals surface area contributed by atoms with E-state index in [-0.39, 0.29) is 32.9 Å². The minimum Gasteiger partial charge on any atom is -0.503 e. The number of methoxy groups -OCH3 is 1. The van der Waals surface area contributed by atoms with Crippen molar-refractivity contribution < 1.29 is 29.2 Å². The molecule has 11 heteroatoms. The number of rotatable bonds is 4. The van der Waals surface area contributed by atoms with Gasteiger partial charge in [0.05, 0.1) is 22.2 Å². The van der Waals surface area contributed by atoms with Gasteiger partial charge in [0, 0.05) is 12.1 Å². The number of phenols is 1. The maximum absolute atomic E-state index is 12.9. The molecule has 2 N–H and O–H groups in total. The number of amides is 4. The number of anilines is 1. The lowest BCUT2D eigenvalue weighted by Gasteiger charge is -2.26. The summed E-state index contributed by atoms with van der Waals surface area (Å²) in [5.41, 5.74) is -0.434. The number of halogens is 1. The molecule has 1 fully saturated rings. The van der Waals surface area contributed by atoms with Crippen LogP contribution in [0.15, 0.2) is 46.4 Å². The van der Waals surface area contributed by atoms with Crippen LogP contribution in [-0.2, 0) is 9.59 Å². The van der Waals surface area contributed by atoms with Gasteiger partial charge in [-0.25, -0.2) is 9.69 Å². The van der Waals surface area contributed by atoms with Gasteiger partial charge in [0.1, 0.15) is 5.57 Å². The van der Waals surface area contributed by atoms with Crippen LogP contribution in [0, 0.1) is 10.1 Å². The fraction of sp³-hybridized carbons (Fsp3) is 0.0556. The molecule has 0 aromatic heterocycles. The first-order valence-corrected chi connectivity index (χ1v) is 8.74. The van der Waals surface area contributed by atoms with Gasteiger partial charge in [0.15, 0.2) is 11.5 Å². The standard InChI is InChI=1S/C18H12BrN3O7/c1-29-14-7-9(6-13(19)15(14)23)5-12-16(24)20-18(26)21(17(12)25)10-3-2-4-11(8-10)22(27)28/h2-8,23H,1H3,(H,20,24,26)/b12-5-. The average Bonchev–Trinajstić information content (AvgIpc) is 2.67. The van der Waals surface area contributed by atoms with Gasteiger partial charge in [0.25, 0.3) is 17.5 Å². The highest BCUT2D eigenvalue weighted by Gasteiger charge is 2.37. The van der Waals surface area contributed by atoms with Crippen LogP contribution in [0.25, 0.3) is 6.08 Å². The molecule has 0 spiro atoms. The summed E-state index contributed by atoms with van der Waals surface area (Å²) >= 11 is 3.14. The van der Waals surface area contributed by atoms with Crippen molar-refractivity contribution in [2.45, 2.75) is 0 Å². The van der Waals surface area contributed by atoms with Crippen LogP contribution in [-0.4, -0.2) is 35.0 Å². The third-order valence-corrected chi connectivity index (χ3v) is 4.59. The number of aromatic hydroxyl groups is 1. The van der Waals surface area contributed by atoms with Gasteiger partial charge in [-0.3, -0.25) is 25.0 Å². The second kappa shape index (κ2) is 7.72. The van der Waals surface area contributed by atoms with Crippen molar-refractivity contribution in [1.29, 1.82) is 0 Å². The first kappa shape index (κ1) is 20.0. The number of carbonyl (C=O) groups excluding carboxylic acids is 3. The van der Waals surface area contributed by atoms with Gasteiger partial charge in [-0.15, -0.1) is 0 Å². The molecule has 0 bridgehead atoms. The molecule has 1 aliphatic heterocycles. The summed E-state index contributed by atoms with van der Waals surface area (Å²) in [5, 5.41) is 22.9. The number of benzene rings is 2. The first-order chi connectivity index (χ1) is 13.7. The fourth-order valence-electron chi connectivity index (χ4n) is 2.64. The number of nitrogens with zero attached hydrogens (tertiary/aromatic N) is 2. The van der Waals surface area contributed by atoms with Gasteiger partial charge in [-0.2, -0.15) is 0 Å². The van der Waals surface area contributed by atoms with Gasteiger partial charge in [0.2, 0.25) is 0 Å². The Balaban J connectivity index is 2.06. The topological polar surface area (TPSA) is 139 Å². The molecule has 2 aromatic carbocycles. The summed E-state index contributed by atoms with van der Waals surface area (Å²) < 4.78 is 5.29. The largest absolute Gasteiger partial charge is 0.503 e. The van der Waals surface area contributed by atoms with Crippen molar-refractivity contribution >= 4 is 51.2 Å². The molecule has 148 valence electrons. The lowest BCUT2D eigenvalue weighted by Crippen LogP contribution is -2.54. The SMILES string of the molecule is COc1cc(/C=C2/C(=O)NC(=O)N(c3cccc([N+](=O)[O-])c3)C2=O)cc(Br)c1O. The number of carbonyl (C=O) groups is 3. The predicted molar refractivity (Wildman–Crippen MR) is 104 cm³/mol. The molecule has 0 saturated carbocycles. The van der Waals surface area contributed by atoms with Gasteiger partial charge < -0.3 is 9.84 Å². The Hall–Kier alpha value is -3.73. The molecule has 2 aromatic rings. The summed E-state index contributed by atoms with van der Waals surface area (Å²) in [6, 6.07) is 6.71. The van der Waals surface area contributed by atoms with E-state index in [0.717, 1.165) is 6.07 Å². The highest BCUT2D eigenvalue weighted by atomic mass is 79.9. The van der Waals surface area contributed by atoms with Crippen molar-refractivity contribution in [3.05, 3.63) is 62.1 Å². The van der Waals surface area contributed by atoms with Crippen LogP contribution in [0.1, 0.15) is 5.56 Å². The first-order valence-electron chi connectivity index (χ1n) is 7.95. The van der Waals surface area contributed by atoms with Crippen molar-refractivity contribution in [3.63, 3.8) is 0 Å². The lowest BCUT2D eigenvalue weighted by molar-refractivity contribution is -0.384. The Morgan fingerprint density at radius 3 is 2.62 bits per heavy atom. The van der Waals surface area contributed by atoms with Crippen molar-refractivity contribution in [1.82, 2.24) is 5.32 Å². The molecule has 29 heavy (non-hydrogen) atoms. The lowest BCUT2D eigenvalue weighted by atomic mass is 10.1. The maximum Gasteiger partial charge on any atom is 0.335 e. The Kier molecular flexibility index (Phi) is 5.33. The number of nitro groups is 1. The minimum absolute atomic E-state index is 0.0652. The zero-order valence-electron chi connectivity index (χ0n) is 14.7. The second-order valence-corrected chi connectivity index (χ2v) is 6.64. The fourth-order valence-corrected chi connectivity index (χ4v) is 3.10. The number of nitrogens with one attached hydrogen (secondary N) is 1. The summed E-state index contributed by atoms with van der Waals surface area (Å²) in [6.07, 6.45) is 1.21. The van der Waals surface area contributed by atoms with E-state index in [1.807, 2.05) is 5.32 Å². The number of urea groups is 1. The molecule has 0 aliphatic carbocycles. The van der Waals surface area contributed by atoms with Crippen LogP contribution in [0.4, 0.5) is 16.2 Å². The normalized spacial score (nSPS) is 15.4. The quantitative estimate of drug-likeness (QED) is 0.308. The molecule has 3 rings (SSSR count). The van der Waals surface area contributed by atoms with E-state index < -0.39 is 22.8 Å². The molecule has 1 aliphatic rings. The van der Waals surface area contributed by atoms with Crippen LogP contribution >= 0.6 is 15.9 Å². The van der Waals surface area contributed by atoms with Crippen molar-refractivity contribution in [2.75, 3.05) is 12.0 Å². The number of imide groups is 2. The summed E-state index contributed by atoms with van der Waals surface area (Å²) in [6.45, 7) is 0. The van der Waals surface area contributed by atoms with Crippen molar-refractivity contribution in [2.24, 2.45) is 0 Å². The molecule has 1 saturated heterocycles. The molecule has 4 amide bonds. The molecular weight excluding hydrogens is 450 g/mol. The van der Waals surface area contributed by atoms with Crippen LogP contribution in [0.3, 0.4) is 0 Å². The number of ether oxygens (including phenoxy) is 1. The minimum atomic E-state index is -1.03. The van der Waals surface area contributed by atoms with Gasteiger partial charge >= 0.3 is 6.03 Å². The monoisotopic (exact) mass is 461 g/mol. The molecule has 0 unspecified atom stereocenters. The van der Waals surface area contributed by atoms with E-state index in [1.54, 1.807) is 0 Å². The predicted octanol–water partition coefficient (Wildman–Crippen LogP) is 2.74. The smallest absolute Gasteiger partial charge is 0.335 e. The van der Waals surface area contributed by atoms with Crippen molar-refractivity contribution in [3.8, 4) is 11.5 Å². The molecule has 0 radical (unpaired) electrons. The summed E-state index contributed by atoms with van der Waals surface area (Å²) in [4.78, 5) is 48.2. The van der Waals surface area contributed by atoms with Crippen LogP contribution in [0.2, 0.25) is 0 Å². The summed E-state index contributed by atoms with van der Waals surface area (Å²) in [7, 11) is 1.33. The third kappa shape index (κ3) is 3.80. The Morgan fingerprint density at radius 1 is 1.24 bits per heavy atom. The van der Waals surface area contributed by atoms with E-state index in [9.17, 15) is 29.6 Å². The van der Waals surface area contributed by atoms with Gasteiger partial charge in [-0.05, 0) is 45.8 Å². The number of nitro benzene ring substituents is 1. The van der Waals surface area contributed by atoms with E-state index in [0.29, 0.717) is 10.5 Å². The van der Waals surface area contributed by atoms with E-state index in [1.165, 1.54) is 43.5 Å². The van der Waals surface area contributed by atoms with Crippen LogP contribution < -0.4 is 15.0 Å². The zero-order chi connectivity index (χ0) is 21.3. The third-order valence-electron chi connectivity index (χ3n) is 3.98. The Morgan fingerprint density at radius 2 is 1.97 bits per heavy atom. The molecule has 0 atom stereocenters. The number of phenolic OH excluding ortho intramolecular Hbond substituents is 1. The maximum atomic E-state index is 12.9. The number of hydrogen-bond donors (Lipinski definition) is 2. The average molecular weight is 462 g/mol. The van der Waals surface area contributed by atoms with E-state index >= 15 is 0 Å². The molecule has 10 nitrogen and oxygen atoms in total. The zero-order valence-corrected chi connectivity index (χ0v) is 16.3.